The molecule has 0 amide bonds. The van der Waals surface area contributed by atoms with E-state index in [0.29, 0.717) is 9.92 Å². The third-order valence-electron chi connectivity index (χ3n) is 2.01. The van der Waals surface area contributed by atoms with E-state index in [2.05, 4.69) is 0 Å². The van der Waals surface area contributed by atoms with Crippen LogP contribution in [0.4, 0.5) is 13.2 Å². The van der Waals surface area contributed by atoms with Gasteiger partial charge in [-0.1, -0.05) is 23.7 Å². The van der Waals surface area contributed by atoms with Gasteiger partial charge in [-0.3, -0.25) is 5.41 Å². The second-order valence-corrected chi connectivity index (χ2v) is 4.76. The maximum Gasteiger partial charge on any atom is 0.399 e. The number of nitrogens with one attached hydrogen (secondary N) is 1. The third kappa shape index (κ3) is 4.12. The summed E-state index contributed by atoms with van der Waals surface area (Å²) in [6, 6.07) is 6.60. The van der Waals surface area contributed by atoms with Crippen molar-refractivity contribution in [3.63, 3.8) is 0 Å². The Hall–Kier alpha value is -0.880. The van der Waals surface area contributed by atoms with Crippen LogP contribution in [-0.4, -0.2) is 17.8 Å². The fourth-order valence-electron chi connectivity index (χ4n) is 1.10. The molecule has 0 aliphatic carbocycles. The smallest absolute Gasteiger partial charge is 0.387 e. The molecular formula is C10H10ClF3N2S. The van der Waals surface area contributed by atoms with Crippen LogP contribution < -0.4 is 5.73 Å². The molecule has 0 fully saturated rings. The number of halogens is 4. The molecule has 0 radical (unpaired) electrons. The van der Waals surface area contributed by atoms with Crippen LogP contribution in [0.2, 0.25) is 5.02 Å². The molecule has 0 saturated carbocycles. The average molecular weight is 283 g/mol. The average Bonchev–Trinajstić information content (AvgIpc) is 2.18. The molecule has 0 heterocycles. The maximum absolute atomic E-state index is 12.5. The molecule has 3 N–H and O–H groups in total. The van der Waals surface area contributed by atoms with E-state index in [1.165, 1.54) is 0 Å². The van der Waals surface area contributed by atoms with E-state index >= 15 is 0 Å². The monoisotopic (exact) mass is 282 g/mol. The molecule has 0 spiro atoms. The molecule has 1 rings (SSSR count). The topological polar surface area (TPSA) is 49.9 Å². The zero-order chi connectivity index (χ0) is 13.1. The highest BCUT2D eigenvalue weighted by molar-refractivity contribution is 7.99. The van der Waals surface area contributed by atoms with Crippen molar-refractivity contribution >= 4 is 29.2 Å². The quantitative estimate of drug-likeness (QED) is 0.504. The Balaban J connectivity index is 2.72. The molecule has 1 atom stereocenters. The molecule has 1 aromatic carbocycles. The zero-order valence-corrected chi connectivity index (χ0v) is 10.2. The lowest BCUT2D eigenvalue weighted by Gasteiger charge is -2.18. The Labute approximate surface area is 106 Å². The summed E-state index contributed by atoms with van der Waals surface area (Å²) in [6.45, 7) is 0. The first kappa shape index (κ1) is 14.2. The number of alkyl halides is 3. The van der Waals surface area contributed by atoms with Crippen LogP contribution in [0.1, 0.15) is 0 Å². The summed E-state index contributed by atoms with van der Waals surface area (Å²) < 4.78 is 37.5. The van der Waals surface area contributed by atoms with Gasteiger partial charge in [0, 0.05) is 10.6 Å². The molecule has 2 nitrogen and oxygen atoms in total. The molecule has 94 valence electrons. The van der Waals surface area contributed by atoms with Crippen LogP contribution in [-0.2, 0) is 0 Å². The Morgan fingerprint density at radius 3 is 2.47 bits per heavy atom. The van der Waals surface area contributed by atoms with Gasteiger partial charge in [0.25, 0.3) is 0 Å². The van der Waals surface area contributed by atoms with Crippen LogP contribution in [0, 0.1) is 11.3 Å². The second kappa shape index (κ2) is 5.64. The molecule has 17 heavy (non-hydrogen) atoms. The van der Waals surface area contributed by atoms with E-state index in [4.69, 9.17) is 22.7 Å². The molecule has 0 aliphatic heterocycles. The zero-order valence-electron chi connectivity index (χ0n) is 8.59. The van der Waals surface area contributed by atoms with Gasteiger partial charge in [-0.2, -0.15) is 13.2 Å². The van der Waals surface area contributed by atoms with Gasteiger partial charge in [0.1, 0.15) is 11.8 Å². The lowest BCUT2D eigenvalue weighted by atomic mass is 10.1. The predicted molar refractivity (Wildman–Crippen MR) is 63.6 cm³/mol. The number of amidine groups is 1. The van der Waals surface area contributed by atoms with Crippen molar-refractivity contribution in [2.24, 2.45) is 11.7 Å². The van der Waals surface area contributed by atoms with Gasteiger partial charge in [0.15, 0.2) is 0 Å². The van der Waals surface area contributed by atoms with Crippen molar-refractivity contribution in [2.75, 3.05) is 5.75 Å². The minimum Gasteiger partial charge on any atom is -0.387 e. The normalized spacial score (nSPS) is 13.4. The van der Waals surface area contributed by atoms with Crippen molar-refractivity contribution in [1.29, 1.82) is 5.41 Å². The Morgan fingerprint density at radius 2 is 2.00 bits per heavy atom. The summed E-state index contributed by atoms with van der Waals surface area (Å²) in [7, 11) is 0. The largest absolute Gasteiger partial charge is 0.399 e. The summed E-state index contributed by atoms with van der Waals surface area (Å²) in [4.78, 5) is 0.546. The number of thioether (sulfide) groups is 1. The summed E-state index contributed by atoms with van der Waals surface area (Å²) in [5.74, 6) is -3.16. The van der Waals surface area contributed by atoms with Crippen LogP contribution in [0.3, 0.4) is 0 Å². The number of hydrogen-bond acceptors (Lipinski definition) is 2. The van der Waals surface area contributed by atoms with Gasteiger partial charge in [-0.05, 0) is 12.1 Å². The first-order valence-electron chi connectivity index (χ1n) is 4.60. The van der Waals surface area contributed by atoms with Gasteiger partial charge >= 0.3 is 6.18 Å². The minimum absolute atomic E-state index is 0.345. The molecular weight excluding hydrogens is 273 g/mol. The van der Waals surface area contributed by atoms with E-state index in [0.717, 1.165) is 11.8 Å². The van der Waals surface area contributed by atoms with Crippen LogP contribution >= 0.6 is 23.4 Å². The SMILES string of the molecule is N=C(N)C(CSc1ccccc1Cl)C(F)(F)F. The van der Waals surface area contributed by atoms with Crippen LogP contribution in [0.25, 0.3) is 0 Å². The van der Waals surface area contributed by atoms with E-state index in [1.54, 1.807) is 24.3 Å². The van der Waals surface area contributed by atoms with Gasteiger partial charge < -0.3 is 5.73 Å². The Kier molecular flexibility index (Phi) is 4.70. The number of rotatable bonds is 4. The minimum atomic E-state index is -4.50. The summed E-state index contributed by atoms with van der Waals surface area (Å²) in [5, 5.41) is 7.33. The first-order chi connectivity index (χ1) is 7.82. The highest BCUT2D eigenvalue weighted by atomic mass is 35.5. The number of benzene rings is 1. The molecule has 1 unspecified atom stereocenters. The van der Waals surface area contributed by atoms with Crippen LogP contribution in [0.15, 0.2) is 29.2 Å². The van der Waals surface area contributed by atoms with Gasteiger partial charge in [0.2, 0.25) is 0 Å². The van der Waals surface area contributed by atoms with Crippen LogP contribution in [0.5, 0.6) is 0 Å². The summed E-state index contributed by atoms with van der Waals surface area (Å²) in [5.41, 5.74) is 4.94. The molecule has 0 saturated heterocycles. The highest BCUT2D eigenvalue weighted by Crippen LogP contribution is 2.34. The lowest BCUT2D eigenvalue weighted by Crippen LogP contribution is -2.36. The highest BCUT2D eigenvalue weighted by Gasteiger charge is 2.41. The molecule has 0 aromatic heterocycles. The van der Waals surface area contributed by atoms with Crippen molar-refractivity contribution in [1.82, 2.24) is 0 Å². The molecule has 7 heteroatoms. The lowest BCUT2D eigenvalue weighted by molar-refractivity contribution is -0.149. The van der Waals surface area contributed by atoms with E-state index < -0.39 is 17.9 Å². The van der Waals surface area contributed by atoms with E-state index in [-0.39, 0.29) is 5.75 Å². The number of nitrogens with two attached hydrogens (primary N) is 1. The van der Waals surface area contributed by atoms with Crippen molar-refractivity contribution in [3.8, 4) is 0 Å². The fourth-order valence-corrected chi connectivity index (χ4v) is 2.49. The van der Waals surface area contributed by atoms with Gasteiger partial charge in [-0.25, -0.2) is 0 Å². The maximum atomic E-state index is 12.5. The van der Waals surface area contributed by atoms with Gasteiger partial charge in [0.05, 0.1) is 5.02 Å². The van der Waals surface area contributed by atoms with Crippen molar-refractivity contribution < 1.29 is 13.2 Å². The van der Waals surface area contributed by atoms with E-state index in [1.807, 2.05) is 0 Å². The third-order valence-corrected chi connectivity index (χ3v) is 3.62. The Bertz CT molecular complexity index is 409. The summed E-state index contributed by atoms with van der Waals surface area (Å²) in [6.07, 6.45) is -4.50. The van der Waals surface area contributed by atoms with Crippen molar-refractivity contribution in [2.45, 2.75) is 11.1 Å². The van der Waals surface area contributed by atoms with Gasteiger partial charge in [-0.15, -0.1) is 11.8 Å². The standard InChI is InChI=1S/C10H10ClF3N2S/c11-7-3-1-2-4-8(7)17-5-6(9(15)16)10(12,13)14/h1-4,6H,5H2,(H3,15,16). The first-order valence-corrected chi connectivity index (χ1v) is 5.96. The Morgan fingerprint density at radius 1 is 1.41 bits per heavy atom. The van der Waals surface area contributed by atoms with E-state index in [9.17, 15) is 13.2 Å². The second-order valence-electron chi connectivity index (χ2n) is 3.29. The summed E-state index contributed by atoms with van der Waals surface area (Å²) >= 11 is 6.75. The molecule has 0 aliphatic rings. The molecule has 0 bridgehead atoms. The fraction of sp³-hybridized carbons (Fsp3) is 0.300. The molecule has 1 aromatic rings. The predicted octanol–water partition coefficient (Wildman–Crippen LogP) is 3.55. The number of hydrogen-bond donors (Lipinski definition) is 2. The van der Waals surface area contributed by atoms with Crippen molar-refractivity contribution in [3.05, 3.63) is 29.3 Å².